The highest BCUT2D eigenvalue weighted by atomic mass is 79.9. The number of amides is 2. The van der Waals surface area contributed by atoms with Gasteiger partial charge in [-0.1, -0.05) is 39.1 Å². The number of carbonyl (C=O) groups is 2. The van der Waals surface area contributed by atoms with E-state index in [2.05, 4.69) is 21.2 Å². The van der Waals surface area contributed by atoms with Crippen LogP contribution in [0.5, 0.6) is 0 Å². The van der Waals surface area contributed by atoms with Gasteiger partial charge in [-0.15, -0.1) is 0 Å². The van der Waals surface area contributed by atoms with Crippen LogP contribution >= 0.6 is 39.1 Å². The van der Waals surface area contributed by atoms with Crippen LogP contribution in [0.4, 0.5) is 11.4 Å². The lowest BCUT2D eigenvalue weighted by atomic mass is 9.95. The first-order chi connectivity index (χ1) is 12.8. The van der Waals surface area contributed by atoms with Crippen molar-refractivity contribution in [2.45, 2.75) is 12.8 Å². The van der Waals surface area contributed by atoms with Crippen molar-refractivity contribution >= 4 is 62.3 Å². The Kier molecular flexibility index (Phi) is 6.29. The summed E-state index contributed by atoms with van der Waals surface area (Å²) in [7, 11) is 0. The molecule has 5 nitrogen and oxygen atoms in total. The largest absolute Gasteiger partial charge is 0.396 e. The van der Waals surface area contributed by atoms with Crippen molar-refractivity contribution in [3.63, 3.8) is 0 Å². The number of anilines is 2. The summed E-state index contributed by atoms with van der Waals surface area (Å²) in [4.78, 5) is 26.9. The molecule has 0 radical (unpaired) electrons. The first-order valence-electron chi connectivity index (χ1n) is 8.45. The monoisotopic (exact) mass is 469 g/mol. The number of likely N-dealkylation sites (tertiary alicyclic amines) is 1. The van der Waals surface area contributed by atoms with Crippen molar-refractivity contribution in [3.8, 4) is 0 Å². The topological polar surface area (TPSA) is 75.4 Å². The molecule has 3 N–H and O–H groups in total. The molecular weight excluding hydrogens is 453 g/mol. The lowest BCUT2D eigenvalue weighted by molar-refractivity contribution is -0.121. The van der Waals surface area contributed by atoms with Gasteiger partial charge in [0.1, 0.15) is 0 Å². The number of rotatable bonds is 3. The maximum atomic E-state index is 12.6. The van der Waals surface area contributed by atoms with Crippen LogP contribution in [-0.4, -0.2) is 29.8 Å². The predicted octanol–water partition coefficient (Wildman–Crippen LogP) is 4.83. The highest BCUT2D eigenvalue weighted by molar-refractivity contribution is 9.10. The molecule has 27 heavy (non-hydrogen) atoms. The smallest absolute Gasteiger partial charge is 0.253 e. The molecule has 0 aliphatic carbocycles. The fourth-order valence-corrected chi connectivity index (χ4v) is 3.77. The standard InChI is InChI=1S/C19H18BrCl2N3O2/c20-13-3-1-12(2-4-13)19(27)25-7-5-11(6-8-25)18(26)24-14-9-15(21)17(23)16(22)10-14/h1-4,9-11H,5-8,23H2,(H,24,26). The second-order valence-electron chi connectivity index (χ2n) is 6.42. The molecule has 8 heteroatoms. The Labute approximate surface area is 175 Å². The van der Waals surface area contributed by atoms with Crippen LogP contribution in [0.1, 0.15) is 23.2 Å². The van der Waals surface area contributed by atoms with Crippen LogP contribution in [0.3, 0.4) is 0 Å². The average molecular weight is 471 g/mol. The molecule has 2 amide bonds. The van der Waals surface area contributed by atoms with Gasteiger partial charge in [-0.2, -0.15) is 0 Å². The van der Waals surface area contributed by atoms with Gasteiger partial charge in [-0.3, -0.25) is 9.59 Å². The Balaban J connectivity index is 1.58. The Bertz CT molecular complexity index is 843. The quantitative estimate of drug-likeness (QED) is 0.630. The lowest BCUT2D eigenvalue weighted by Crippen LogP contribution is -2.41. The minimum Gasteiger partial charge on any atom is -0.396 e. The number of nitrogens with two attached hydrogens (primary N) is 1. The second-order valence-corrected chi connectivity index (χ2v) is 8.15. The minimum atomic E-state index is -0.172. The molecule has 0 spiro atoms. The number of nitrogen functional groups attached to an aromatic ring is 1. The van der Waals surface area contributed by atoms with E-state index in [9.17, 15) is 9.59 Å². The number of benzene rings is 2. The van der Waals surface area contributed by atoms with Crippen molar-refractivity contribution in [2.75, 3.05) is 24.1 Å². The van der Waals surface area contributed by atoms with E-state index in [0.29, 0.717) is 47.2 Å². The zero-order chi connectivity index (χ0) is 19.6. The number of hydrogen-bond acceptors (Lipinski definition) is 3. The van der Waals surface area contributed by atoms with Crippen LogP contribution < -0.4 is 11.1 Å². The van der Waals surface area contributed by atoms with Gasteiger partial charge >= 0.3 is 0 Å². The maximum absolute atomic E-state index is 12.6. The number of hydrogen-bond donors (Lipinski definition) is 2. The molecule has 0 aromatic heterocycles. The van der Waals surface area contributed by atoms with E-state index in [1.165, 1.54) is 0 Å². The van der Waals surface area contributed by atoms with Gasteiger partial charge in [0.05, 0.1) is 15.7 Å². The third kappa shape index (κ3) is 4.75. The summed E-state index contributed by atoms with van der Waals surface area (Å²) in [5.74, 6) is -0.296. The zero-order valence-corrected chi connectivity index (χ0v) is 17.4. The molecule has 1 aliphatic heterocycles. The molecule has 1 fully saturated rings. The summed E-state index contributed by atoms with van der Waals surface area (Å²) < 4.78 is 0.928. The zero-order valence-electron chi connectivity index (χ0n) is 14.3. The molecular formula is C19H18BrCl2N3O2. The van der Waals surface area contributed by atoms with E-state index in [4.69, 9.17) is 28.9 Å². The fraction of sp³-hybridized carbons (Fsp3) is 0.263. The highest BCUT2D eigenvalue weighted by Crippen LogP contribution is 2.31. The van der Waals surface area contributed by atoms with Crippen LogP contribution in [0, 0.1) is 5.92 Å². The van der Waals surface area contributed by atoms with Crippen LogP contribution in [0.15, 0.2) is 40.9 Å². The minimum absolute atomic E-state index is 0.0153. The normalized spacial score (nSPS) is 14.9. The van der Waals surface area contributed by atoms with Gasteiger partial charge in [0.15, 0.2) is 0 Å². The summed E-state index contributed by atoms with van der Waals surface area (Å²) >= 11 is 15.4. The maximum Gasteiger partial charge on any atom is 0.253 e. The van der Waals surface area contributed by atoms with E-state index in [1.54, 1.807) is 29.2 Å². The number of nitrogens with one attached hydrogen (secondary N) is 1. The summed E-state index contributed by atoms with van der Waals surface area (Å²) in [6.45, 7) is 1.08. The number of halogens is 3. The third-order valence-electron chi connectivity index (χ3n) is 4.59. The molecule has 0 atom stereocenters. The second kappa shape index (κ2) is 8.50. The molecule has 2 aromatic rings. The van der Waals surface area contributed by atoms with Crippen LogP contribution in [0.25, 0.3) is 0 Å². The number of piperidine rings is 1. The Morgan fingerprint density at radius 1 is 1.07 bits per heavy atom. The molecule has 0 bridgehead atoms. The summed E-state index contributed by atoms with van der Waals surface area (Å²) in [5.41, 5.74) is 7.15. The first kappa shape index (κ1) is 20.0. The van der Waals surface area contributed by atoms with E-state index < -0.39 is 0 Å². The molecule has 1 aliphatic rings. The van der Waals surface area contributed by atoms with E-state index >= 15 is 0 Å². The van der Waals surface area contributed by atoms with E-state index in [1.807, 2.05) is 12.1 Å². The highest BCUT2D eigenvalue weighted by Gasteiger charge is 2.28. The SMILES string of the molecule is Nc1c(Cl)cc(NC(=O)C2CCN(C(=O)c3ccc(Br)cc3)CC2)cc1Cl. The molecule has 0 saturated carbocycles. The molecule has 142 valence electrons. The summed E-state index contributed by atoms with van der Waals surface area (Å²) in [6, 6.07) is 10.4. The van der Waals surface area contributed by atoms with Crippen molar-refractivity contribution in [3.05, 3.63) is 56.5 Å². The Hall–Kier alpha value is -1.76. The van der Waals surface area contributed by atoms with Crippen molar-refractivity contribution in [2.24, 2.45) is 5.92 Å². The molecule has 2 aromatic carbocycles. The van der Waals surface area contributed by atoms with E-state index in [-0.39, 0.29) is 23.4 Å². The Morgan fingerprint density at radius 3 is 2.19 bits per heavy atom. The third-order valence-corrected chi connectivity index (χ3v) is 5.74. The average Bonchev–Trinajstić information content (AvgIpc) is 2.66. The van der Waals surface area contributed by atoms with Gasteiger partial charge in [-0.05, 0) is 49.2 Å². The molecule has 3 rings (SSSR count). The van der Waals surface area contributed by atoms with Gasteiger partial charge in [-0.25, -0.2) is 0 Å². The van der Waals surface area contributed by atoms with Crippen molar-refractivity contribution in [1.82, 2.24) is 4.90 Å². The van der Waals surface area contributed by atoms with Crippen LogP contribution in [0.2, 0.25) is 10.0 Å². The molecule has 1 saturated heterocycles. The first-order valence-corrected chi connectivity index (χ1v) is 10.0. The number of nitrogens with zero attached hydrogens (tertiary/aromatic N) is 1. The summed E-state index contributed by atoms with van der Waals surface area (Å²) in [6.07, 6.45) is 1.20. The summed E-state index contributed by atoms with van der Waals surface area (Å²) in [5, 5.41) is 3.43. The molecule has 0 unspecified atom stereocenters. The lowest BCUT2D eigenvalue weighted by Gasteiger charge is -2.31. The van der Waals surface area contributed by atoms with Gasteiger partial charge in [0, 0.05) is 34.7 Å². The predicted molar refractivity (Wildman–Crippen MR) is 112 cm³/mol. The Morgan fingerprint density at radius 2 is 1.63 bits per heavy atom. The molecule has 1 heterocycles. The van der Waals surface area contributed by atoms with Crippen molar-refractivity contribution < 1.29 is 9.59 Å². The van der Waals surface area contributed by atoms with Crippen LogP contribution in [-0.2, 0) is 4.79 Å². The van der Waals surface area contributed by atoms with Gasteiger partial charge in [0.2, 0.25) is 5.91 Å². The van der Waals surface area contributed by atoms with E-state index in [0.717, 1.165) is 4.47 Å². The van der Waals surface area contributed by atoms with Gasteiger partial charge in [0.25, 0.3) is 5.91 Å². The van der Waals surface area contributed by atoms with Crippen molar-refractivity contribution in [1.29, 1.82) is 0 Å². The fourth-order valence-electron chi connectivity index (χ4n) is 3.02. The van der Waals surface area contributed by atoms with Gasteiger partial charge < -0.3 is 16.0 Å². The number of carbonyl (C=O) groups excluding carboxylic acids is 2.